The van der Waals surface area contributed by atoms with Gasteiger partial charge in [0.25, 0.3) is 0 Å². The lowest BCUT2D eigenvalue weighted by atomic mass is 9.81. The third-order valence-corrected chi connectivity index (χ3v) is 5.94. The summed E-state index contributed by atoms with van der Waals surface area (Å²) >= 11 is 6.05. The Morgan fingerprint density at radius 2 is 1.85 bits per heavy atom. The Morgan fingerprint density at radius 1 is 1.15 bits per heavy atom. The molecule has 3 saturated heterocycles. The number of carbonyl (C=O) groups excluding carboxylic acids is 2. The van der Waals surface area contributed by atoms with Crippen LogP contribution in [-0.2, 0) is 20.9 Å². The maximum atomic E-state index is 12.9. The maximum Gasteiger partial charge on any atom is 0.241 e. The highest BCUT2D eigenvalue weighted by Gasteiger charge is 2.63. The van der Waals surface area contributed by atoms with Gasteiger partial charge in [-0.3, -0.25) is 14.3 Å². The molecule has 4 atom stereocenters. The quantitative estimate of drug-likeness (QED) is 0.778. The molecule has 3 fully saturated rings. The Kier molecular flexibility index (Phi) is 3.49. The maximum absolute atomic E-state index is 12.9. The van der Waals surface area contributed by atoms with E-state index >= 15 is 0 Å². The zero-order valence-corrected chi connectivity index (χ0v) is 15.0. The van der Waals surface area contributed by atoms with Gasteiger partial charge >= 0.3 is 0 Å². The molecule has 0 N–H and O–H groups in total. The second-order valence-electron chi connectivity index (χ2n) is 7.29. The van der Waals surface area contributed by atoms with Gasteiger partial charge in [0.15, 0.2) is 5.82 Å². The molecule has 4 heterocycles. The first-order valence-electron chi connectivity index (χ1n) is 8.85. The molecule has 26 heavy (non-hydrogen) atoms. The van der Waals surface area contributed by atoms with Crippen LogP contribution in [0.3, 0.4) is 0 Å². The molecular formula is C19H18ClN3O3. The van der Waals surface area contributed by atoms with Crippen molar-refractivity contribution < 1.29 is 14.3 Å². The highest BCUT2D eigenvalue weighted by molar-refractivity contribution is 6.30. The molecule has 7 heteroatoms. The van der Waals surface area contributed by atoms with Gasteiger partial charge in [0.2, 0.25) is 11.8 Å². The fourth-order valence-electron chi connectivity index (χ4n) is 4.51. The number of anilines is 1. The molecule has 5 rings (SSSR count). The molecular weight excluding hydrogens is 354 g/mol. The Hall–Kier alpha value is -2.18. The summed E-state index contributed by atoms with van der Waals surface area (Å²) in [5, 5.41) is 5.20. The third-order valence-electron chi connectivity index (χ3n) is 5.70. The monoisotopic (exact) mass is 371 g/mol. The van der Waals surface area contributed by atoms with Crippen molar-refractivity contribution >= 4 is 29.2 Å². The molecule has 6 nitrogen and oxygen atoms in total. The van der Waals surface area contributed by atoms with Crippen molar-refractivity contribution in [3.05, 3.63) is 46.6 Å². The van der Waals surface area contributed by atoms with E-state index in [4.69, 9.17) is 16.3 Å². The highest BCUT2D eigenvalue weighted by Crippen LogP contribution is 2.49. The largest absolute Gasteiger partial charge is 0.373 e. The van der Waals surface area contributed by atoms with Gasteiger partial charge < -0.3 is 4.74 Å². The van der Waals surface area contributed by atoms with E-state index in [1.165, 1.54) is 4.90 Å². The van der Waals surface area contributed by atoms with Gasteiger partial charge in [0.05, 0.1) is 30.6 Å². The summed E-state index contributed by atoms with van der Waals surface area (Å²) in [7, 11) is 0. The van der Waals surface area contributed by atoms with E-state index in [-0.39, 0.29) is 35.9 Å². The van der Waals surface area contributed by atoms with Crippen molar-refractivity contribution in [3.8, 4) is 0 Å². The summed E-state index contributed by atoms with van der Waals surface area (Å²) in [6.45, 7) is 2.45. The number of benzene rings is 1. The predicted octanol–water partition coefficient (Wildman–Crippen LogP) is 2.56. The van der Waals surface area contributed by atoms with Gasteiger partial charge in [-0.2, -0.15) is 5.10 Å². The second-order valence-corrected chi connectivity index (χ2v) is 7.72. The van der Waals surface area contributed by atoms with E-state index in [9.17, 15) is 9.59 Å². The Balaban J connectivity index is 1.44. The van der Waals surface area contributed by atoms with Crippen molar-refractivity contribution in [2.45, 2.75) is 38.5 Å². The van der Waals surface area contributed by atoms with E-state index in [0.717, 1.165) is 24.1 Å². The SMILES string of the molecule is Cc1cc(N2C(=O)[C@@H]3[C@H](C2=O)[C@H]2CC[C@@H]3O2)nn1Cc1cccc(Cl)c1. The summed E-state index contributed by atoms with van der Waals surface area (Å²) in [5.74, 6) is -0.591. The Morgan fingerprint density at radius 3 is 2.50 bits per heavy atom. The fourth-order valence-corrected chi connectivity index (χ4v) is 4.72. The van der Waals surface area contributed by atoms with Gasteiger partial charge in [-0.05, 0) is 37.5 Å². The molecule has 2 amide bonds. The molecule has 3 aliphatic rings. The molecule has 0 aliphatic carbocycles. The van der Waals surface area contributed by atoms with Crippen LogP contribution in [0.15, 0.2) is 30.3 Å². The number of rotatable bonds is 3. The smallest absolute Gasteiger partial charge is 0.241 e. The molecule has 0 radical (unpaired) electrons. The van der Waals surface area contributed by atoms with Crippen LogP contribution in [0, 0.1) is 18.8 Å². The van der Waals surface area contributed by atoms with Gasteiger partial charge in [-0.25, -0.2) is 4.90 Å². The van der Waals surface area contributed by atoms with Crippen LogP contribution in [0.4, 0.5) is 5.82 Å². The number of nitrogens with zero attached hydrogens (tertiary/aromatic N) is 3. The summed E-state index contributed by atoms with van der Waals surface area (Å²) in [6, 6.07) is 9.36. The number of aromatic nitrogens is 2. The van der Waals surface area contributed by atoms with E-state index < -0.39 is 0 Å². The Labute approximate surface area is 155 Å². The molecule has 3 aliphatic heterocycles. The van der Waals surface area contributed by atoms with Crippen LogP contribution in [0.1, 0.15) is 24.1 Å². The lowest BCUT2D eigenvalue weighted by molar-refractivity contribution is -0.124. The summed E-state index contributed by atoms with van der Waals surface area (Å²) in [4.78, 5) is 27.0. The summed E-state index contributed by atoms with van der Waals surface area (Å²) in [6.07, 6.45) is 1.50. The van der Waals surface area contributed by atoms with Crippen LogP contribution < -0.4 is 4.90 Å². The number of ether oxygens (including phenoxy) is 1. The summed E-state index contributed by atoms with van der Waals surface area (Å²) in [5.41, 5.74) is 1.90. The van der Waals surface area contributed by atoms with Crippen LogP contribution in [0.2, 0.25) is 5.02 Å². The van der Waals surface area contributed by atoms with E-state index in [1.807, 2.05) is 31.2 Å². The average Bonchev–Trinajstić information content (AvgIpc) is 3.33. The molecule has 0 saturated carbocycles. The number of amides is 2. The standard InChI is InChI=1S/C19H18ClN3O3/c1-10-7-15(21-22(10)9-11-3-2-4-12(20)8-11)23-18(24)16-13-5-6-14(26-13)17(16)19(23)25/h2-4,7-8,13-14,16-17H,5-6,9H2,1H3/t13-,14+,16-,17+. The zero-order valence-electron chi connectivity index (χ0n) is 14.3. The van der Waals surface area contributed by atoms with Crippen molar-refractivity contribution in [3.63, 3.8) is 0 Å². The normalized spacial score (nSPS) is 29.7. The topological polar surface area (TPSA) is 64.4 Å². The molecule has 1 aromatic heterocycles. The fraction of sp³-hybridized carbons (Fsp3) is 0.421. The van der Waals surface area contributed by atoms with E-state index in [1.54, 1.807) is 10.7 Å². The van der Waals surface area contributed by atoms with Crippen LogP contribution >= 0.6 is 11.6 Å². The van der Waals surface area contributed by atoms with Gasteiger partial charge in [-0.1, -0.05) is 23.7 Å². The molecule has 2 aromatic rings. The van der Waals surface area contributed by atoms with Crippen LogP contribution in [-0.4, -0.2) is 33.8 Å². The molecule has 1 aromatic carbocycles. The first kappa shape index (κ1) is 16.0. The lowest BCUT2D eigenvalue weighted by Crippen LogP contribution is -2.34. The molecule has 0 unspecified atom stereocenters. The van der Waals surface area contributed by atoms with Gasteiger partial charge in [0.1, 0.15) is 0 Å². The van der Waals surface area contributed by atoms with Crippen LogP contribution in [0.25, 0.3) is 0 Å². The van der Waals surface area contributed by atoms with E-state index in [0.29, 0.717) is 17.4 Å². The minimum absolute atomic E-state index is 0.110. The number of halogens is 1. The highest BCUT2D eigenvalue weighted by atomic mass is 35.5. The number of carbonyl (C=O) groups is 2. The predicted molar refractivity (Wildman–Crippen MR) is 94.9 cm³/mol. The van der Waals surface area contributed by atoms with Crippen molar-refractivity contribution in [1.29, 1.82) is 0 Å². The lowest BCUT2D eigenvalue weighted by Gasteiger charge is -2.15. The Bertz CT molecular complexity index is 897. The number of aryl methyl sites for hydroxylation is 1. The number of hydrogen-bond donors (Lipinski definition) is 0. The van der Waals surface area contributed by atoms with Crippen molar-refractivity contribution in [2.24, 2.45) is 11.8 Å². The zero-order chi connectivity index (χ0) is 18.0. The molecule has 2 bridgehead atoms. The number of fused-ring (bicyclic) bond motifs is 5. The first-order chi connectivity index (χ1) is 12.5. The first-order valence-corrected chi connectivity index (χ1v) is 9.23. The summed E-state index contributed by atoms with van der Waals surface area (Å²) < 4.78 is 7.57. The average molecular weight is 372 g/mol. The number of imide groups is 1. The minimum Gasteiger partial charge on any atom is -0.373 e. The van der Waals surface area contributed by atoms with E-state index in [2.05, 4.69) is 5.10 Å². The van der Waals surface area contributed by atoms with Crippen molar-refractivity contribution in [2.75, 3.05) is 4.90 Å². The molecule has 134 valence electrons. The van der Waals surface area contributed by atoms with Crippen molar-refractivity contribution in [1.82, 2.24) is 9.78 Å². The van der Waals surface area contributed by atoms with Gasteiger partial charge in [0, 0.05) is 16.8 Å². The van der Waals surface area contributed by atoms with Gasteiger partial charge in [-0.15, -0.1) is 0 Å². The minimum atomic E-state index is -0.334. The second kappa shape index (κ2) is 5.66. The molecule has 0 spiro atoms. The number of hydrogen-bond acceptors (Lipinski definition) is 4. The van der Waals surface area contributed by atoms with Crippen LogP contribution in [0.5, 0.6) is 0 Å². The third kappa shape index (κ3) is 2.25.